The lowest BCUT2D eigenvalue weighted by Crippen LogP contribution is -2.37. The van der Waals surface area contributed by atoms with Gasteiger partial charge in [-0.25, -0.2) is 13.1 Å². The first-order valence-electron chi connectivity index (χ1n) is 9.02. The van der Waals surface area contributed by atoms with Gasteiger partial charge in [0.05, 0.1) is 23.8 Å². The number of sulfonamides is 1. The Hall–Kier alpha value is -2.16. The summed E-state index contributed by atoms with van der Waals surface area (Å²) < 4.78 is 37.9. The van der Waals surface area contributed by atoms with Crippen LogP contribution < -0.4 is 4.72 Å². The van der Waals surface area contributed by atoms with Crippen LogP contribution >= 0.6 is 0 Å². The fourth-order valence-corrected chi connectivity index (χ4v) is 4.00. The van der Waals surface area contributed by atoms with E-state index in [-0.39, 0.29) is 23.5 Å². The van der Waals surface area contributed by atoms with Gasteiger partial charge in [-0.2, -0.15) is 0 Å². The Kier molecular flexibility index (Phi) is 6.30. The molecule has 1 aromatic carbocycles. The number of carbonyl (C=O) groups excluding carboxylic acids is 1. The van der Waals surface area contributed by atoms with Crippen LogP contribution in [0.4, 0.5) is 0 Å². The molecule has 0 aliphatic carbocycles. The van der Waals surface area contributed by atoms with Crippen molar-refractivity contribution in [1.29, 1.82) is 0 Å². The molecular formula is C19H24N2O5S. The average molecular weight is 392 g/mol. The van der Waals surface area contributed by atoms with E-state index in [1.807, 2.05) is 6.92 Å². The van der Waals surface area contributed by atoms with Crippen LogP contribution in [0.3, 0.4) is 0 Å². The average Bonchev–Trinajstić information content (AvgIpc) is 3.38. The molecule has 0 bridgehead atoms. The second-order valence-electron chi connectivity index (χ2n) is 6.41. The van der Waals surface area contributed by atoms with Crippen molar-refractivity contribution in [3.8, 4) is 0 Å². The largest absolute Gasteiger partial charge is 0.468 e. The third kappa shape index (κ3) is 4.97. The van der Waals surface area contributed by atoms with E-state index >= 15 is 0 Å². The monoisotopic (exact) mass is 392 g/mol. The molecule has 1 amide bonds. The van der Waals surface area contributed by atoms with Crippen LogP contribution in [0.5, 0.6) is 0 Å². The van der Waals surface area contributed by atoms with Gasteiger partial charge in [0.1, 0.15) is 5.76 Å². The summed E-state index contributed by atoms with van der Waals surface area (Å²) in [5.41, 5.74) is 0.458. The molecule has 0 spiro atoms. The van der Waals surface area contributed by atoms with E-state index < -0.39 is 10.0 Å². The lowest BCUT2D eigenvalue weighted by molar-refractivity contribution is 0.0539. The number of hydrogen-bond acceptors (Lipinski definition) is 5. The zero-order valence-corrected chi connectivity index (χ0v) is 16.1. The molecule has 1 saturated heterocycles. The Labute approximate surface area is 159 Å². The highest BCUT2D eigenvalue weighted by Gasteiger charge is 2.23. The van der Waals surface area contributed by atoms with E-state index in [0.717, 1.165) is 19.4 Å². The second-order valence-corrected chi connectivity index (χ2v) is 8.17. The van der Waals surface area contributed by atoms with Crippen molar-refractivity contribution >= 4 is 15.9 Å². The van der Waals surface area contributed by atoms with Gasteiger partial charge in [-0.3, -0.25) is 4.79 Å². The molecule has 1 N–H and O–H groups in total. The number of carbonyl (C=O) groups is 1. The van der Waals surface area contributed by atoms with Crippen LogP contribution in [0.2, 0.25) is 0 Å². The molecule has 146 valence electrons. The molecule has 27 heavy (non-hydrogen) atoms. The molecule has 7 nitrogen and oxygen atoms in total. The smallest absolute Gasteiger partial charge is 0.253 e. The van der Waals surface area contributed by atoms with E-state index in [1.54, 1.807) is 29.2 Å². The number of likely N-dealkylation sites (N-methyl/N-ethyl adjacent to an activating group) is 1. The highest BCUT2D eigenvalue weighted by atomic mass is 32.2. The predicted molar refractivity (Wildman–Crippen MR) is 99.7 cm³/mol. The highest BCUT2D eigenvalue weighted by molar-refractivity contribution is 7.89. The Balaban J connectivity index is 1.65. The van der Waals surface area contributed by atoms with Crippen LogP contribution in [0, 0.1) is 0 Å². The van der Waals surface area contributed by atoms with Crippen LogP contribution in [-0.2, 0) is 21.3 Å². The molecule has 8 heteroatoms. The van der Waals surface area contributed by atoms with Gasteiger partial charge in [0, 0.05) is 25.3 Å². The SMILES string of the molecule is CCN(CC1CCCO1)C(=O)c1ccc(S(=O)(=O)NCc2ccco2)cc1. The van der Waals surface area contributed by atoms with Gasteiger partial charge in [-0.15, -0.1) is 0 Å². The lowest BCUT2D eigenvalue weighted by atomic mass is 10.1. The maximum Gasteiger partial charge on any atom is 0.253 e. The van der Waals surface area contributed by atoms with Crippen molar-refractivity contribution < 1.29 is 22.4 Å². The number of nitrogens with zero attached hydrogens (tertiary/aromatic N) is 1. The maximum atomic E-state index is 12.7. The molecule has 0 saturated carbocycles. The molecule has 2 heterocycles. The fraction of sp³-hybridized carbons (Fsp3) is 0.421. The Morgan fingerprint density at radius 2 is 2.04 bits per heavy atom. The minimum Gasteiger partial charge on any atom is -0.468 e. The number of benzene rings is 1. The summed E-state index contributed by atoms with van der Waals surface area (Å²) in [6, 6.07) is 9.36. The minimum absolute atomic E-state index is 0.0705. The molecule has 1 aliphatic rings. The second kappa shape index (κ2) is 8.69. The summed E-state index contributed by atoms with van der Waals surface area (Å²) in [4.78, 5) is 14.5. The standard InChI is InChI=1S/C19H24N2O5S/c1-2-21(14-17-6-4-12-26-17)19(22)15-7-9-18(10-8-15)27(23,24)20-13-16-5-3-11-25-16/h3,5,7-11,17,20H,2,4,6,12-14H2,1H3. The van der Waals surface area contributed by atoms with Gasteiger partial charge in [0.25, 0.3) is 5.91 Å². The molecule has 1 atom stereocenters. The number of ether oxygens (including phenoxy) is 1. The van der Waals surface area contributed by atoms with E-state index in [9.17, 15) is 13.2 Å². The van der Waals surface area contributed by atoms with E-state index in [2.05, 4.69) is 4.72 Å². The number of rotatable bonds is 8. The summed E-state index contributed by atoms with van der Waals surface area (Å²) in [6.07, 6.45) is 3.55. The van der Waals surface area contributed by atoms with Gasteiger partial charge in [0.2, 0.25) is 10.0 Å². The van der Waals surface area contributed by atoms with E-state index in [0.29, 0.717) is 24.4 Å². The third-order valence-corrected chi connectivity index (χ3v) is 5.96. The summed E-state index contributed by atoms with van der Waals surface area (Å²) in [6.45, 7) is 3.86. The molecule has 1 fully saturated rings. The zero-order chi connectivity index (χ0) is 19.3. The molecule has 0 radical (unpaired) electrons. The van der Waals surface area contributed by atoms with Gasteiger partial charge >= 0.3 is 0 Å². The Bertz CT molecular complexity index is 841. The van der Waals surface area contributed by atoms with E-state index in [4.69, 9.17) is 9.15 Å². The number of amides is 1. The quantitative estimate of drug-likeness (QED) is 0.745. The van der Waals surface area contributed by atoms with Gasteiger partial charge in [-0.05, 0) is 56.2 Å². The highest BCUT2D eigenvalue weighted by Crippen LogP contribution is 2.17. The zero-order valence-electron chi connectivity index (χ0n) is 15.3. The molecular weight excluding hydrogens is 368 g/mol. The van der Waals surface area contributed by atoms with Crippen molar-refractivity contribution in [2.75, 3.05) is 19.7 Å². The Morgan fingerprint density at radius 1 is 1.26 bits per heavy atom. The first kappa shape index (κ1) is 19.6. The third-order valence-electron chi connectivity index (χ3n) is 4.55. The lowest BCUT2D eigenvalue weighted by Gasteiger charge is -2.24. The molecule has 3 rings (SSSR count). The minimum atomic E-state index is -3.68. The van der Waals surface area contributed by atoms with Crippen LogP contribution in [-0.4, -0.2) is 45.0 Å². The number of nitrogens with one attached hydrogen (secondary N) is 1. The summed E-state index contributed by atoms with van der Waals surface area (Å²) in [5.74, 6) is 0.401. The number of hydrogen-bond donors (Lipinski definition) is 1. The fourth-order valence-electron chi connectivity index (χ4n) is 3.01. The van der Waals surface area contributed by atoms with Gasteiger partial charge in [0.15, 0.2) is 0 Å². The summed E-state index contributed by atoms with van der Waals surface area (Å²) in [7, 11) is -3.68. The molecule has 1 aliphatic heterocycles. The van der Waals surface area contributed by atoms with Crippen molar-refractivity contribution in [3.05, 3.63) is 54.0 Å². The van der Waals surface area contributed by atoms with Crippen molar-refractivity contribution in [3.63, 3.8) is 0 Å². The predicted octanol–water partition coefficient (Wildman–Crippen LogP) is 2.40. The maximum absolute atomic E-state index is 12.7. The topological polar surface area (TPSA) is 88.8 Å². The van der Waals surface area contributed by atoms with Crippen molar-refractivity contribution in [1.82, 2.24) is 9.62 Å². The first-order chi connectivity index (χ1) is 13.0. The summed E-state index contributed by atoms with van der Waals surface area (Å²) >= 11 is 0. The Morgan fingerprint density at radius 3 is 2.63 bits per heavy atom. The van der Waals surface area contributed by atoms with Crippen molar-refractivity contribution in [2.45, 2.75) is 37.3 Å². The molecule has 1 aromatic heterocycles. The van der Waals surface area contributed by atoms with Crippen LogP contribution in [0.1, 0.15) is 35.9 Å². The number of furan rings is 1. The van der Waals surface area contributed by atoms with Crippen LogP contribution in [0.25, 0.3) is 0 Å². The van der Waals surface area contributed by atoms with Crippen molar-refractivity contribution in [2.24, 2.45) is 0 Å². The molecule has 2 aromatic rings. The normalized spacial score (nSPS) is 17.1. The van der Waals surface area contributed by atoms with Crippen LogP contribution in [0.15, 0.2) is 52.0 Å². The van der Waals surface area contributed by atoms with Gasteiger partial charge < -0.3 is 14.1 Å². The molecule has 1 unspecified atom stereocenters. The van der Waals surface area contributed by atoms with Gasteiger partial charge in [-0.1, -0.05) is 0 Å². The van der Waals surface area contributed by atoms with E-state index in [1.165, 1.54) is 18.4 Å². The first-order valence-corrected chi connectivity index (χ1v) is 10.5. The summed E-state index contributed by atoms with van der Waals surface area (Å²) in [5, 5.41) is 0.